The molecule has 0 saturated carbocycles. The average Bonchev–Trinajstić information content (AvgIpc) is 2.78. The van der Waals surface area contributed by atoms with Crippen LogP contribution >= 0.6 is 0 Å². The van der Waals surface area contributed by atoms with Crippen LogP contribution in [0.2, 0.25) is 0 Å². The monoisotopic (exact) mass is 438 g/mol. The molecular weight excluding hydrogens is 400 g/mol. The largest absolute Gasteiger partial charge is 0.377 e. The van der Waals surface area contributed by atoms with Crippen LogP contribution in [-0.2, 0) is 11.3 Å². The zero-order chi connectivity index (χ0) is 23.7. The molecule has 2 rings (SSSR count). The topological polar surface area (TPSA) is 64.7 Å². The smallest absolute Gasteiger partial charge is 0.319 e. The van der Waals surface area contributed by atoms with Crippen molar-refractivity contribution in [1.82, 2.24) is 10.2 Å². The summed E-state index contributed by atoms with van der Waals surface area (Å²) in [6, 6.07) is 15.7. The number of rotatable bonds is 10. The lowest BCUT2D eigenvalue weighted by Gasteiger charge is -2.33. The van der Waals surface area contributed by atoms with Crippen molar-refractivity contribution >= 4 is 23.3 Å². The number of nitrogens with one attached hydrogen (secondary N) is 2. The fourth-order valence-corrected chi connectivity index (χ4v) is 3.86. The maximum absolute atomic E-state index is 13.7. The number of carbonyl (C=O) groups excluding carboxylic acids is 2. The van der Waals surface area contributed by atoms with E-state index < -0.39 is 0 Å². The lowest BCUT2D eigenvalue weighted by Crippen LogP contribution is -2.41. The molecule has 0 saturated heterocycles. The fourth-order valence-electron chi connectivity index (χ4n) is 3.86. The molecule has 0 heterocycles. The lowest BCUT2D eigenvalue weighted by molar-refractivity contribution is -0.135. The average molecular weight is 439 g/mol. The summed E-state index contributed by atoms with van der Waals surface area (Å²) in [4.78, 5) is 29.8. The van der Waals surface area contributed by atoms with Gasteiger partial charge in [0.2, 0.25) is 5.91 Å². The van der Waals surface area contributed by atoms with Crippen molar-refractivity contribution in [3.8, 4) is 0 Å². The summed E-state index contributed by atoms with van der Waals surface area (Å²) in [5.41, 5.74) is 3.79. The molecule has 0 aromatic heterocycles. The molecule has 6 nitrogen and oxygen atoms in total. The van der Waals surface area contributed by atoms with E-state index >= 15 is 0 Å². The third-order valence-electron chi connectivity index (χ3n) is 5.81. The third kappa shape index (κ3) is 6.49. The summed E-state index contributed by atoms with van der Waals surface area (Å²) in [5, 5.41) is 5.64. The van der Waals surface area contributed by atoms with Crippen LogP contribution in [0, 0.1) is 0 Å². The van der Waals surface area contributed by atoms with Gasteiger partial charge >= 0.3 is 6.03 Å². The Morgan fingerprint density at radius 2 is 1.66 bits per heavy atom. The van der Waals surface area contributed by atoms with Crippen LogP contribution in [0.5, 0.6) is 0 Å². The second-order valence-electron chi connectivity index (χ2n) is 8.32. The summed E-state index contributed by atoms with van der Waals surface area (Å²) in [5.74, 6) is -0.0375. The van der Waals surface area contributed by atoms with E-state index in [0.29, 0.717) is 18.8 Å². The predicted molar refractivity (Wildman–Crippen MR) is 133 cm³/mol. The third-order valence-corrected chi connectivity index (χ3v) is 5.81. The van der Waals surface area contributed by atoms with Gasteiger partial charge < -0.3 is 20.4 Å². The van der Waals surface area contributed by atoms with E-state index in [9.17, 15) is 9.59 Å². The number of benzene rings is 2. The Morgan fingerprint density at radius 1 is 0.969 bits per heavy atom. The minimum Gasteiger partial charge on any atom is -0.377 e. The minimum atomic E-state index is -0.235. The fraction of sp³-hybridized carbons (Fsp3) is 0.462. The van der Waals surface area contributed by atoms with Crippen molar-refractivity contribution in [3.05, 3.63) is 59.7 Å². The maximum atomic E-state index is 13.7. The molecule has 32 heavy (non-hydrogen) atoms. The van der Waals surface area contributed by atoms with Crippen LogP contribution in [0.25, 0.3) is 0 Å². The summed E-state index contributed by atoms with van der Waals surface area (Å²) < 4.78 is 0. The number of urea groups is 1. The molecule has 0 spiro atoms. The van der Waals surface area contributed by atoms with E-state index in [4.69, 9.17) is 0 Å². The van der Waals surface area contributed by atoms with Gasteiger partial charge in [-0.15, -0.1) is 0 Å². The number of anilines is 2. The molecule has 174 valence electrons. The van der Waals surface area contributed by atoms with Crippen LogP contribution in [0.4, 0.5) is 16.2 Å². The van der Waals surface area contributed by atoms with Gasteiger partial charge in [0, 0.05) is 44.6 Å². The number of amides is 3. The first-order valence-electron chi connectivity index (χ1n) is 11.5. The van der Waals surface area contributed by atoms with Gasteiger partial charge in [-0.1, -0.05) is 44.2 Å². The highest BCUT2D eigenvalue weighted by Gasteiger charge is 2.28. The molecule has 2 N–H and O–H groups in total. The number of carbonyl (C=O) groups is 2. The first kappa shape index (κ1) is 25.2. The summed E-state index contributed by atoms with van der Waals surface area (Å²) in [7, 11) is 3.98. The Morgan fingerprint density at radius 3 is 2.22 bits per heavy atom. The van der Waals surface area contributed by atoms with Crippen molar-refractivity contribution in [2.75, 3.05) is 30.9 Å². The molecule has 0 aliphatic rings. The zero-order valence-corrected chi connectivity index (χ0v) is 20.3. The Labute approximate surface area is 193 Å². The quantitative estimate of drug-likeness (QED) is 0.535. The van der Waals surface area contributed by atoms with Gasteiger partial charge in [0.25, 0.3) is 0 Å². The minimum absolute atomic E-state index is 0.0929. The van der Waals surface area contributed by atoms with Crippen molar-refractivity contribution in [3.63, 3.8) is 0 Å². The Balaban J connectivity index is 2.40. The van der Waals surface area contributed by atoms with E-state index in [1.54, 1.807) is 0 Å². The Bertz CT molecular complexity index is 883. The standard InChI is InChI=1S/C26H38N4O2/c1-7-19(4)30(25(31)23(8-2)20-13-11-10-12-14-20)18-21-17-22(28-26(32)27-9-3)15-16-24(21)29(5)6/h10-17,19,23H,7-9,18H2,1-6H3,(H2,27,28,32). The predicted octanol–water partition coefficient (Wildman–Crippen LogP) is 5.21. The van der Waals surface area contributed by atoms with Gasteiger partial charge in [-0.25, -0.2) is 4.79 Å². The molecule has 2 unspecified atom stereocenters. The van der Waals surface area contributed by atoms with Crippen molar-refractivity contribution < 1.29 is 9.59 Å². The number of hydrogen-bond acceptors (Lipinski definition) is 3. The van der Waals surface area contributed by atoms with Gasteiger partial charge in [0.15, 0.2) is 0 Å². The molecule has 3 amide bonds. The van der Waals surface area contributed by atoms with Crippen molar-refractivity contribution in [1.29, 1.82) is 0 Å². The van der Waals surface area contributed by atoms with Gasteiger partial charge in [-0.05, 0) is 56.0 Å². The second-order valence-corrected chi connectivity index (χ2v) is 8.32. The molecule has 6 heteroatoms. The van der Waals surface area contributed by atoms with Crippen molar-refractivity contribution in [2.45, 2.75) is 59.0 Å². The normalized spacial score (nSPS) is 12.6. The van der Waals surface area contributed by atoms with Crippen LogP contribution in [0.15, 0.2) is 48.5 Å². The zero-order valence-electron chi connectivity index (χ0n) is 20.3. The number of hydrogen-bond donors (Lipinski definition) is 2. The highest BCUT2D eigenvalue weighted by Crippen LogP contribution is 2.29. The second kappa shape index (κ2) is 12.1. The van der Waals surface area contributed by atoms with Crippen LogP contribution in [0.3, 0.4) is 0 Å². The van der Waals surface area contributed by atoms with Gasteiger partial charge in [-0.3, -0.25) is 4.79 Å². The number of nitrogens with zero attached hydrogens (tertiary/aromatic N) is 2. The van der Waals surface area contributed by atoms with E-state index in [2.05, 4.69) is 31.4 Å². The first-order valence-corrected chi connectivity index (χ1v) is 11.5. The lowest BCUT2D eigenvalue weighted by atomic mass is 9.94. The van der Waals surface area contributed by atoms with Gasteiger partial charge in [0.1, 0.15) is 0 Å². The molecule has 2 atom stereocenters. The van der Waals surface area contributed by atoms with E-state index in [1.807, 2.05) is 79.3 Å². The van der Waals surface area contributed by atoms with E-state index in [0.717, 1.165) is 29.7 Å². The summed E-state index contributed by atoms with van der Waals surface area (Å²) in [6.07, 6.45) is 1.61. The SMILES string of the molecule is CCNC(=O)Nc1ccc(N(C)C)c(CN(C(=O)C(CC)c2ccccc2)C(C)CC)c1. The summed E-state index contributed by atoms with van der Waals surface area (Å²) in [6.45, 7) is 9.19. The molecule has 2 aromatic rings. The Hall–Kier alpha value is -3.02. The van der Waals surface area contributed by atoms with Gasteiger partial charge in [0.05, 0.1) is 5.92 Å². The maximum Gasteiger partial charge on any atom is 0.319 e. The molecule has 0 radical (unpaired) electrons. The van der Waals surface area contributed by atoms with E-state index in [1.165, 1.54) is 0 Å². The molecule has 0 bridgehead atoms. The van der Waals surface area contributed by atoms with Crippen LogP contribution in [0.1, 0.15) is 57.6 Å². The van der Waals surface area contributed by atoms with E-state index in [-0.39, 0.29) is 23.9 Å². The first-order chi connectivity index (χ1) is 15.3. The van der Waals surface area contributed by atoms with Gasteiger partial charge in [-0.2, -0.15) is 0 Å². The van der Waals surface area contributed by atoms with Crippen LogP contribution < -0.4 is 15.5 Å². The molecule has 2 aromatic carbocycles. The van der Waals surface area contributed by atoms with Crippen LogP contribution in [-0.4, -0.2) is 43.5 Å². The molecule has 0 aliphatic heterocycles. The molecule has 0 fully saturated rings. The highest BCUT2D eigenvalue weighted by atomic mass is 16.2. The van der Waals surface area contributed by atoms with Crippen molar-refractivity contribution in [2.24, 2.45) is 0 Å². The molecule has 0 aliphatic carbocycles. The highest BCUT2D eigenvalue weighted by molar-refractivity contribution is 5.90. The molecular formula is C26H38N4O2. The Kier molecular flexibility index (Phi) is 9.57. The summed E-state index contributed by atoms with van der Waals surface area (Å²) >= 11 is 0.